The van der Waals surface area contributed by atoms with Gasteiger partial charge in [0.05, 0.1) is 0 Å². The van der Waals surface area contributed by atoms with Gasteiger partial charge in [-0.25, -0.2) is 0 Å². The van der Waals surface area contributed by atoms with Crippen molar-refractivity contribution in [1.29, 1.82) is 0 Å². The topological polar surface area (TPSA) is 37.3 Å². The third kappa shape index (κ3) is 3.56. The fourth-order valence-corrected chi connectivity index (χ4v) is 1.09. The molecule has 1 aromatic rings. The minimum atomic E-state index is -0.131. The standard InChI is InChI=1S/C11H12O2/c1-9(12)7-11(13)8-10-5-3-2-4-6-10/h2-7,13H,8H2,1H3/b11-7+. The fourth-order valence-electron chi connectivity index (χ4n) is 1.09. The smallest absolute Gasteiger partial charge is 0.155 e. The Kier molecular flexibility index (Phi) is 3.26. The molecular weight excluding hydrogens is 164 g/mol. The van der Waals surface area contributed by atoms with Crippen molar-refractivity contribution in [3.8, 4) is 0 Å². The number of aliphatic hydroxyl groups excluding tert-OH is 1. The van der Waals surface area contributed by atoms with Crippen molar-refractivity contribution in [2.75, 3.05) is 0 Å². The van der Waals surface area contributed by atoms with E-state index in [1.807, 2.05) is 30.3 Å². The van der Waals surface area contributed by atoms with Crippen LogP contribution in [0.25, 0.3) is 0 Å². The van der Waals surface area contributed by atoms with Crippen LogP contribution in [-0.2, 0) is 11.2 Å². The SMILES string of the molecule is CC(=O)/C=C(/O)Cc1ccccc1. The fraction of sp³-hybridized carbons (Fsp3) is 0.182. The average molecular weight is 176 g/mol. The van der Waals surface area contributed by atoms with Gasteiger partial charge in [0.1, 0.15) is 5.76 Å². The summed E-state index contributed by atoms with van der Waals surface area (Å²) in [4.78, 5) is 10.6. The summed E-state index contributed by atoms with van der Waals surface area (Å²) in [5.41, 5.74) is 0.998. The van der Waals surface area contributed by atoms with Crippen molar-refractivity contribution in [1.82, 2.24) is 0 Å². The van der Waals surface area contributed by atoms with Crippen LogP contribution in [0.2, 0.25) is 0 Å². The van der Waals surface area contributed by atoms with Gasteiger partial charge in [-0.05, 0) is 12.5 Å². The van der Waals surface area contributed by atoms with Crippen molar-refractivity contribution < 1.29 is 9.90 Å². The second-order valence-corrected chi connectivity index (χ2v) is 2.91. The van der Waals surface area contributed by atoms with E-state index in [2.05, 4.69) is 0 Å². The molecule has 0 unspecified atom stereocenters. The first-order valence-corrected chi connectivity index (χ1v) is 4.12. The third-order valence-electron chi connectivity index (χ3n) is 1.60. The van der Waals surface area contributed by atoms with Gasteiger partial charge in [-0.3, -0.25) is 4.79 Å². The summed E-state index contributed by atoms with van der Waals surface area (Å²) in [5, 5.41) is 9.31. The molecule has 0 amide bonds. The second kappa shape index (κ2) is 4.45. The van der Waals surface area contributed by atoms with Gasteiger partial charge in [0.15, 0.2) is 5.78 Å². The Morgan fingerprint density at radius 3 is 2.54 bits per heavy atom. The summed E-state index contributed by atoms with van der Waals surface area (Å²) in [6.07, 6.45) is 1.66. The Balaban J connectivity index is 2.65. The minimum absolute atomic E-state index is 0.110. The van der Waals surface area contributed by atoms with Gasteiger partial charge in [-0.15, -0.1) is 0 Å². The molecule has 1 aromatic carbocycles. The highest BCUT2D eigenvalue weighted by atomic mass is 16.3. The Hall–Kier alpha value is -1.57. The van der Waals surface area contributed by atoms with E-state index in [1.165, 1.54) is 13.0 Å². The summed E-state index contributed by atoms with van der Waals surface area (Å²) >= 11 is 0. The number of benzene rings is 1. The lowest BCUT2D eigenvalue weighted by molar-refractivity contribution is -0.112. The largest absolute Gasteiger partial charge is 0.512 e. The quantitative estimate of drug-likeness (QED) is 0.566. The molecule has 0 bridgehead atoms. The highest BCUT2D eigenvalue weighted by Crippen LogP contribution is 2.04. The molecule has 0 saturated heterocycles. The van der Waals surface area contributed by atoms with Crippen LogP contribution in [0.1, 0.15) is 12.5 Å². The zero-order valence-corrected chi connectivity index (χ0v) is 7.53. The Morgan fingerprint density at radius 2 is 2.00 bits per heavy atom. The van der Waals surface area contributed by atoms with Crippen LogP contribution in [0.5, 0.6) is 0 Å². The van der Waals surface area contributed by atoms with Crippen LogP contribution in [0, 0.1) is 0 Å². The predicted octanol–water partition coefficient (Wildman–Crippen LogP) is 2.26. The van der Waals surface area contributed by atoms with Crippen molar-refractivity contribution in [3.63, 3.8) is 0 Å². The zero-order valence-electron chi connectivity index (χ0n) is 7.53. The summed E-state index contributed by atoms with van der Waals surface area (Å²) < 4.78 is 0. The molecule has 0 saturated carbocycles. The summed E-state index contributed by atoms with van der Waals surface area (Å²) in [6, 6.07) is 9.52. The van der Waals surface area contributed by atoms with Gasteiger partial charge in [0, 0.05) is 12.5 Å². The van der Waals surface area contributed by atoms with Crippen LogP contribution in [0.15, 0.2) is 42.2 Å². The van der Waals surface area contributed by atoms with Gasteiger partial charge < -0.3 is 5.11 Å². The van der Waals surface area contributed by atoms with Gasteiger partial charge >= 0.3 is 0 Å². The normalized spacial score (nSPS) is 11.3. The summed E-state index contributed by atoms with van der Waals surface area (Å²) in [6.45, 7) is 1.42. The van der Waals surface area contributed by atoms with Gasteiger partial charge in [0.2, 0.25) is 0 Å². The lowest BCUT2D eigenvalue weighted by Gasteiger charge is -1.98. The van der Waals surface area contributed by atoms with Crippen LogP contribution >= 0.6 is 0 Å². The number of hydrogen-bond acceptors (Lipinski definition) is 2. The lowest BCUT2D eigenvalue weighted by Crippen LogP contribution is -1.92. The molecule has 0 heterocycles. The van der Waals surface area contributed by atoms with Gasteiger partial charge in [-0.2, -0.15) is 0 Å². The number of rotatable bonds is 3. The van der Waals surface area contributed by atoms with E-state index in [4.69, 9.17) is 0 Å². The van der Waals surface area contributed by atoms with E-state index in [0.29, 0.717) is 6.42 Å². The number of carbonyl (C=O) groups is 1. The number of ketones is 1. The first-order valence-electron chi connectivity index (χ1n) is 4.12. The molecule has 0 aliphatic heterocycles. The van der Waals surface area contributed by atoms with E-state index in [-0.39, 0.29) is 11.5 Å². The monoisotopic (exact) mass is 176 g/mol. The minimum Gasteiger partial charge on any atom is -0.512 e. The maximum Gasteiger partial charge on any atom is 0.155 e. The van der Waals surface area contributed by atoms with Crippen molar-refractivity contribution in [2.45, 2.75) is 13.3 Å². The summed E-state index contributed by atoms with van der Waals surface area (Å²) in [7, 11) is 0. The molecule has 68 valence electrons. The molecule has 0 atom stereocenters. The molecule has 0 aliphatic rings. The summed E-state index contributed by atoms with van der Waals surface area (Å²) in [5.74, 6) is -0.0212. The molecule has 2 heteroatoms. The van der Waals surface area contributed by atoms with E-state index in [9.17, 15) is 9.90 Å². The number of carbonyl (C=O) groups excluding carboxylic acids is 1. The van der Waals surface area contributed by atoms with E-state index in [0.717, 1.165) is 5.56 Å². The van der Waals surface area contributed by atoms with E-state index < -0.39 is 0 Å². The molecule has 1 N–H and O–H groups in total. The predicted molar refractivity (Wildman–Crippen MR) is 51.5 cm³/mol. The lowest BCUT2D eigenvalue weighted by atomic mass is 10.1. The van der Waals surface area contributed by atoms with E-state index in [1.54, 1.807) is 0 Å². The second-order valence-electron chi connectivity index (χ2n) is 2.91. The molecule has 1 rings (SSSR count). The highest BCUT2D eigenvalue weighted by Gasteiger charge is 1.97. The molecule has 13 heavy (non-hydrogen) atoms. The highest BCUT2D eigenvalue weighted by molar-refractivity contribution is 5.87. The first kappa shape index (κ1) is 9.52. The molecule has 0 fully saturated rings. The van der Waals surface area contributed by atoms with Crippen molar-refractivity contribution in [2.24, 2.45) is 0 Å². The van der Waals surface area contributed by atoms with Crippen LogP contribution in [0.3, 0.4) is 0 Å². The van der Waals surface area contributed by atoms with Gasteiger partial charge in [-0.1, -0.05) is 30.3 Å². The number of allylic oxidation sites excluding steroid dienone is 2. The van der Waals surface area contributed by atoms with Crippen molar-refractivity contribution >= 4 is 5.78 Å². The maximum absolute atomic E-state index is 10.6. The molecular formula is C11H12O2. The Labute approximate surface area is 77.5 Å². The van der Waals surface area contributed by atoms with Crippen molar-refractivity contribution in [3.05, 3.63) is 47.7 Å². The molecule has 0 spiro atoms. The van der Waals surface area contributed by atoms with Crippen LogP contribution in [0.4, 0.5) is 0 Å². The zero-order chi connectivity index (χ0) is 9.68. The first-order chi connectivity index (χ1) is 6.18. The molecule has 0 aliphatic carbocycles. The molecule has 2 nitrogen and oxygen atoms in total. The van der Waals surface area contributed by atoms with Crippen LogP contribution in [-0.4, -0.2) is 10.9 Å². The molecule has 0 aromatic heterocycles. The Morgan fingerprint density at radius 1 is 1.38 bits per heavy atom. The number of aliphatic hydroxyl groups is 1. The van der Waals surface area contributed by atoms with Gasteiger partial charge in [0.25, 0.3) is 0 Å². The van der Waals surface area contributed by atoms with Crippen LogP contribution < -0.4 is 0 Å². The number of hydrogen-bond donors (Lipinski definition) is 1. The average Bonchev–Trinajstić information content (AvgIpc) is 2.04. The third-order valence-corrected chi connectivity index (χ3v) is 1.60. The maximum atomic E-state index is 10.6. The van der Waals surface area contributed by atoms with E-state index >= 15 is 0 Å². The molecule has 0 radical (unpaired) electrons. The Bertz CT molecular complexity index is 312.